The molecule has 11 nitrogen and oxygen atoms in total. The summed E-state index contributed by atoms with van der Waals surface area (Å²) in [6.45, 7) is 0. The van der Waals surface area contributed by atoms with Crippen LogP contribution in [0, 0.1) is 20.2 Å². The van der Waals surface area contributed by atoms with Gasteiger partial charge >= 0.3 is 5.00 Å². The van der Waals surface area contributed by atoms with Crippen LogP contribution < -0.4 is 0 Å². The van der Waals surface area contributed by atoms with Crippen LogP contribution in [0.15, 0.2) is 38.1 Å². The van der Waals surface area contributed by atoms with E-state index in [1.165, 1.54) is 6.07 Å². The van der Waals surface area contributed by atoms with E-state index in [9.17, 15) is 26.9 Å². The van der Waals surface area contributed by atoms with Crippen LogP contribution in [-0.2, 0) is 18.1 Å². The summed E-state index contributed by atoms with van der Waals surface area (Å²) in [5, 5.41) is 25.2. The minimum Gasteiger partial charge on any atom is -0.328 e. The summed E-state index contributed by atoms with van der Waals surface area (Å²) in [5.74, 6) is 0. The second-order valence-corrected chi connectivity index (χ2v) is 11.0. The Hall–Kier alpha value is -1.52. The van der Waals surface area contributed by atoms with Gasteiger partial charge in [0.15, 0.2) is 0 Å². The van der Waals surface area contributed by atoms with Gasteiger partial charge in [0.25, 0.3) is 23.2 Å². The molecule has 0 aliphatic carbocycles. The molecule has 2 aromatic rings. The molecule has 0 bridgehead atoms. The average Bonchev–Trinajstić information content (AvgIpc) is 3.09. The lowest BCUT2D eigenvalue weighted by atomic mass is 10.6. The highest BCUT2D eigenvalue weighted by Crippen LogP contribution is 2.29. The van der Waals surface area contributed by atoms with Gasteiger partial charge in [-0.1, -0.05) is 6.07 Å². The number of halogens is 2. The molecular weight excluding hydrogens is 467 g/mol. The highest BCUT2D eigenvalue weighted by Gasteiger charge is 2.17. The molecular formula is C8H6Cl2N2O9S4. The van der Waals surface area contributed by atoms with Gasteiger partial charge in [0.05, 0.1) is 4.92 Å². The summed E-state index contributed by atoms with van der Waals surface area (Å²) in [5.41, 5.74) is 0. The Morgan fingerprint density at radius 1 is 0.960 bits per heavy atom. The van der Waals surface area contributed by atoms with E-state index >= 15 is 0 Å². The van der Waals surface area contributed by atoms with Crippen molar-refractivity contribution in [3.05, 3.63) is 49.9 Å². The first-order valence-corrected chi connectivity index (χ1v) is 11.6. The summed E-state index contributed by atoms with van der Waals surface area (Å²) in [7, 11) is 2.62. The summed E-state index contributed by atoms with van der Waals surface area (Å²) in [6, 6.07) is 5.30. The first-order valence-electron chi connectivity index (χ1n) is 5.25. The summed E-state index contributed by atoms with van der Waals surface area (Å²) < 4.78 is 42.2. The van der Waals surface area contributed by atoms with Crippen molar-refractivity contribution in [2.75, 3.05) is 0 Å². The van der Waals surface area contributed by atoms with Gasteiger partial charge in [0, 0.05) is 27.4 Å². The van der Waals surface area contributed by atoms with Crippen LogP contribution in [-0.4, -0.2) is 32.1 Å². The molecule has 0 fully saturated rings. The van der Waals surface area contributed by atoms with Gasteiger partial charge in [0.2, 0.25) is 0 Å². The Bertz CT molecular complexity index is 917. The van der Waals surface area contributed by atoms with Gasteiger partial charge in [-0.25, -0.2) is 16.8 Å². The zero-order chi connectivity index (χ0) is 19.8. The lowest BCUT2D eigenvalue weighted by Gasteiger charge is -1.83. The number of thiophene rings is 2. The molecule has 0 spiro atoms. The predicted octanol–water partition coefficient (Wildman–Crippen LogP) is 2.91. The molecule has 2 aromatic heterocycles. The van der Waals surface area contributed by atoms with Crippen molar-refractivity contribution in [2.24, 2.45) is 0 Å². The molecule has 17 heteroatoms. The largest absolute Gasteiger partial charge is 0.328 e. The third kappa shape index (κ3) is 10.1. The van der Waals surface area contributed by atoms with Crippen molar-refractivity contribution in [1.29, 1.82) is 0 Å². The van der Waals surface area contributed by atoms with Gasteiger partial charge in [-0.15, -0.1) is 21.5 Å². The topological polar surface area (TPSA) is 175 Å². The van der Waals surface area contributed by atoms with Gasteiger partial charge in [0.1, 0.15) is 8.42 Å². The third-order valence-corrected chi connectivity index (χ3v) is 7.85. The number of nitro groups is 1. The third-order valence-electron chi connectivity index (χ3n) is 1.72. The molecule has 0 amide bonds. The average molecular weight is 473 g/mol. The lowest BCUT2D eigenvalue weighted by molar-refractivity contribution is -0.742. The van der Waals surface area contributed by atoms with Crippen molar-refractivity contribution in [2.45, 2.75) is 8.42 Å². The van der Waals surface area contributed by atoms with Crippen LogP contribution in [0.1, 0.15) is 0 Å². The molecule has 0 aliphatic heterocycles. The van der Waals surface area contributed by atoms with Crippen molar-refractivity contribution in [1.82, 2.24) is 0 Å². The minimum absolute atomic E-state index is 0.198. The van der Waals surface area contributed by atoms with Crippen LogP contribution in [0.3, 0.4) is 0 Å². The molecule has 0 aliphatic rings. The Morgan fingerprint density at radius 3 is 1.64 bits per heavy atom. The van der Waals surface area contributed by atoms with Crippen LogP contribution in [0.2, 0.25) is 0 Å². The van der Waals surface area contributed by atoms with Crippen LogP contribution in [0.5, 0.6) is 0 Å². The standard InChI is InChI=1S/C4H2ClNO4S2.C4H3ClO2S2.HNO3/c5-12(9,10)4-2-1-3(11-4)6(7)8;5-9(6,7)4-2-1-3-8-4;2-1(3)4/h1-2H;1-3H;(H,2,3,4). The fraction of sp³-hybridized carbons (Fsp3) is 0. The molecule has 25 heavy (non-hydrogen) atoms. The lowest BCUT2D eigenvalue weighted by Crippen LogP contribution is -1.84. The number of hydrogen-bond acceptors (Lipinski definition) is 10. The van der Waals surface area contributed by atoms with E-state index in [1.54, 1.807) is 11.4 Å². The van der Waals surface area contributed by atoms with Gasteiger partial charge in [-0.2, -0.15) is 0 Å². The Morgan fingerprint density at radius 2 is 1.44 bits per heavy atom. The molecule has 2 rings (SSSR count). The van der Waals surface area contributed by atoms with Gasteiger partial charge in [-0.3, -0.25) is 10.1 Å². The second kappa shape index (κ2) is 9.83. The number of nitrogens with zero attached hydrogens (tertiary/aromatic N) is 2. The molecule has 1 N–H and O–H groups in total. The normalized spacial score (nSPS) is 10.6. The van der Waals surface area contributed by atoms with Crippen LogP contribution >= 0.6 is 44.0 Å². The molecule has 0 saturated heterocycles. The quantitative estimate of drug-likeness (QED) is 0.399. The molecule has 0 aromatic carbocycles. The second-order valence-electron chi connectivity index (χ2n) is 3.40. The van der Waals surface area contributed by atoms with E-state index in [-0.39, 0.29) is 13.4 Å². The van der Waals surface area contributed by atoms with Crippen LogP contribution in [0.4, 0.5) is 5.00 Å². The molecule has 0 unspecified atom stereocenters. The predicted molar refractivity (Wildman–Crippen MR) is 90.2 cm³/mol. The molecule has 2 heterocycles. The summed E-state index contributed by atoms with van der Waals surface area (Å²) >= 11 is 1.64. The van der Waals surface area contributed by atoms with Crippen molar-refractivity contribution < 1.29 is 32.1 Å². The first kappa shape index (κ1) is 23.5. The Kier molecular flexibility index (Phi) is 9.23. The van der Waals surface area contributed by atoms with E-state index in [4.69, 9.17) is 36.7 Å². The zero-order valence-electron chi connectivity index (χ0n) is 11.4. The smallest absolute Gasteiger partial charge is 0.325 e. The van der Waals surface area contributed by atoms with E-state index in [2.05, 4.69) is 0 Å². The maximum absolute atomic E-state index is 10.6. The minimum atomic E-state index is -3.83. The Balaban J connectivity index is 0.000000391. The maximum Gasteiger partial charge on any atom is 0.325 e. The summed E-state index contributed by atoms with van der Waals surface area (Å²) in [6.07, 6.45) is 0. The van der Waals surface area contributed by atoms with E-state index in [0.717, 1.165) is 23.5 Å². The Labute approximate surface area is 157 Å². The highest BCUT2D eigenvalue weighted by molar-refractivity contribution is 8.15. The molecule has 0 radical (unpaired) electrons. The fourth-order valence-corrected chi connectivity index (χ4v) is 4.61. The molecule has 0 saturated carbocycles. The highest BCUT2D eigenvalue weighted by atomic mass is 35.7. The number of rotatable bonds is 3. The molecule has 140 valence electrons. The van der Waals surface area contributed by atoms with Crippen molar-refractivity contribution >= 4 is 67.1 Å². The van der Waals surface area contributed by atoms with Gasteiger partial charge < -0.3 is 5.21 Å². The number of hydrogen-bond donors (Lipinski definition) is 1. The fourth-order valence-electron chi connectivity index (χ4n) is 0.942. The van der Waals surface area contributed by atoms with Crippen molar-refractivity contribution in [3.8, 4) is 0 Å². The van der Waals surface area contributed by atoms with Crippen LogP contribution in [0.25, 0.3) is 0 Å². The monoisotopic (exact) mass is 472 g/mol. The van der Waals surface area contributed by atoms with E-state index in [0.29, 0.717) is 11.3 Å². The summed E-state index contributed by atoms with van der Waals surface area (Å²) in [4.78, 5) is 17.8. The van der Waals surface area contributed by atoms with E-state index < -0.39 is 28.1 Å². The molecule has 0 atom stereocenters. The maximum atomic E-state index is 10.6. The first-order chi connectivity index (χ1) is 11.2. The van der Waals surface area contributed by atoms with Crippen molar-refractivity contribution in [3.63, 3.8) is 0 Å². The van der Waals surface area contributed by atoms with E-state index in [1.807, 2.05) is 0 Å². The van der Waals surface area contributed by atoms with Gasteiger partial charge in [-0.05, 0) is 28.8 Å². The SMILES string of the molecule is O=S(=O)(Cl)c1cccs1.O=[N+]([O-])O.O=[N+]([O-])c1ccc(S(=O)(=O)Cl)s1. The zero-order valence-corrected chi connectivity index (χ0v) is 16.2.